The zero-order chi connectivity index (χ0) is 11.8. The van der Waals surface area contributed by atoms with Crippen LogP contribution >= 0.6 is 11.6 Å². The summed E-state index contributed by atoms with van der Waals surface area (Å²) in [6.07, 6.45) is 0.750. The molecule has 0 aliphatic carbocycles. The van der Waals surface area contributed by atoms with E-state index in [1.165, 1.54) is 0 Å². The summed E-state index contributed by atoms with van der Waals surface area (Å²) in [4.78, 5) is 10.8. The summed E-state index contributed by atoms with van der Waals surface area (Å²) in [5, 5.41) is 2.62. The van der Waals surface area contributed by atoms with Gasteiger partial charge in [-0.15, -0.1) is 0 Å². The van der Waals surface area contributed by atoms with Crippen molar-refractivity contribution in [3.63, 3.8) is 0 Å². The first kappa shape index (κ1) is 10.4. The molecule has 0 atom stereocenters. The zero-order valence-corrected chi connectivity index (χ0v) is 9.70. The van der Waals surface area contributed by atoms with Crippen molar-refractivity contribution in [2.24, 2.45) is 0 Å². The number of rotatable bonds is 1. The maximum atomic E-state index is 10.8. The van der Waals surface area contributed by atoms with Crippen LogP contribution in [-0.2, 0) is 4.79 Å². The highest BCUT2D eigenvalue weighted by Gasteiger charge is 2.20. The van der Waals surface area contributed by atoms with Gasteiger partial charge >= 0.3 is 0 Å². The van der Waals surface area contributed by atoms with Crippen molar-refractivity contribution in [2.45, 2.75) is 0 Å². The minimum atomic E-state index is 0.239. The lowest BCUT2D eigenvalue weighted by molar-refractivity contribution is -0.105. The Morgan fingerprint density at radius 1 is 1.18 bits per heavy atom. The Morgan fingerprint density at radius 2 is 2.00 bits per heavy atom. The third-order valence-electron chi connectivity index (χ3n) is 2.91. The van der Waals surface area contributed by atoms with Gasteiger partial charge in [0.1, 0.15) is 12.4 Å². The van der Waals surface area contributed by atoms with E-state index in [0.29, 0.717) is 10.6 Å². The lowest BCUT2D eigenvalue weighted by Crippen LogP contribution is -2.10. The Bertz CT molecular complexity index is 644. The number of benzene rings is 2. The monoisotopic (exact) mass is 244 g/mol. The molecular formula is C14H9ClO2. The van der Waals surface area contributed by atoms with Crippen LogP contribution in [0.5, 0.6) is 5.75 Å². The molecule has 0 amide bonds. The van der Waals surface area contributed by atoms with Crippen molar-refractivity contribution in [2.75, 3.05) is 6.61 Å². The van der Waals surface area contributed by atoms with Gasteiger partial charge in [0.2, 0.25) is 0 Å². The average Bonchev–Trinajstić information content (AvgIpc) is 2.39. The Hall–Kier alpha value is -1.80. The van der Waals surface area contributed by atoms with Crippen molar-refractivity contribution >= 4 is 33.7 Å². The first-order valence-corrected chi connectivity index (χ1v) is 5.68. The van der Waals surface area contributed by atoms with E-state index in [4.69, 9.17) is 16.3 Å². The Balaban J connectivity index is 2.34. The molecule has 0 aromatic heterocycles. The maximum absolute atomic E-state index is 10.8. The van der Waals surface area contributed by atoms with Gasteiger partial charge in [0.15, 0.2) is 6.29 Å². The van der Waals surface area contributed by atoms with Gasteiger partial charge in [-0.1, -0.05) is 41.9 Å². The highest BCUT2D eigenvalue weighted by molar-refractivity contribution is 6.51. The van der Waals surface area contributed by atoms with Crippen LogP contribution < -0.4 is 4.74 Å². The Labute approximate surface area is 103 Å². The lowest BCUT2D eigenvalue weighted by Gasteiger charge is -2.19. The van der Waals surface area contributed by atoms with E-state index in [1.807, 2.05) is 36.4 Å². The van der Waals surface area contributed by atoms with Crippen molar-refractivity contribution in [1.82, 2.24) is 0 Å². The summed E-state index contributed by atoms with van der Waals surface area (Å²) < 4.78 is 5.64. The predicted octanol–water partition coefficient (Wildman–Crippen LogP) is 3.38. The topological polar surface area (TPSA) is 26.3 Å². The number of carbonyl (C=O) groups is 1. The third kappa shape index (κ3) is 1.53. The second-order valence-corrected chi connectivity index (χ2v) is 4.29. The third-order valence-corrected chi connectivity index (χ3v) is 3.36. The molecule has 0 unspecified atom stereocenters. The van der Waals surface area contributed by atoms with Gasteiger partial charge in [0.25, 0.3) is 0 Å². The summed E-state index contributed by atoms with van der Waals surface area (Å²) in [7, 11) is 0. The predicted molar refractivity (Wildman–Crippen MR) is 68.3 cm³/mol. The fourth-order valence-corrected chi connectivity index (χ4v) is 2.29. The molecule has 3 rings (SSSR count). The number of ether oxygens (including phenoxy) is 1. The average molecular weight is 245 g/mol. The van der Waals surface area contributed by atoms with E-state index in [9.17, 15) is 4.79 Å². The number of hydrogen-bond donors (Lipinski definition) is 0. The standard InChI is InChI=1S/C14H9ClO2/c15-13-10(7-16)8-17-14-11-4-2-1-3-9(11)5-6-12(13)14/h1-7H,8H2. The second-order valence-electron chi connectivity index (χ2n) is 3.91. The molecule has 2 aromatic rings. The molecule has 84 valence electrons. The molecule has 0 spiro atoms. The molecule has 1 aliphatic rings. The molecule has 17 heavy (non-hydrogen) atoms. The van der Waals surface area contributed by atoms with Crippen molar-refractivity contribution in [3.05, 3.63) is 47.5 Å². The van der Waals surface area contributed by atoms with Gasteiger partial charge in [-0.3, -0.25) is 4.79 Å². The molecule has 2 nitrogen and oxygen atoms in total. The van der Waals surface area contributed by atoms with Gasteiger partial charge in [-0.05, 0) is 11.5 Å². The minimum absolute atomic E-state index is 0.239. The van der Waals surface area contributed by atoms with Crippen LogP contribution in [0.1, 0.15) is 5.56 Å². The fraction of sp³-hybridized carbons (Fsp3) is 0.0714. The summed E-state index contributed by atoms with van der Waals surface area (Å²) in [5.41, 5.74) is 1.29. The number of hydrogen-bond acceptors (Lipinski definition) is 2. The number of fused-ring (bicyclic) bond motifs is 3. The van der Waals surface area contributed by atoms with E-state index < -0.39 is 0 Å². The number of aldehydes is 1. The second kappa shape index (κ2) is 3.90. The van der Waals surface area contributed by atoms with Crippen LogP contribution in [0.3, 0.4) is 0 Å². The van der Waals surface area contributed by atoms with E-state index in [0.717, 1.165) is 28.4 Å². The molecule has 0 saturated carbocycles. The van der Waals surface area contributed by atoms with Crippen LogP contribution in [0.4, 0.5) is 0 Å². The highest BCUT2D eigenvalue weighted by atomic mass is 35.5. The Kier molecular flexibility index (Phi) is 2.37. The summed E-state index contributed by atoms with van der Waals surface area (Å²) in [5.74, 6) is 0.763. The van der Waals surface area contributed by atoms with Gasteiger partial charge in [-0.25, -0.2) is 0 Å². The number of halogens is 1. The molecule has 0 radical (unpaired) electrons. The highest BCUT2D eigenvalue weighted by Crippen LogP contribution is 2.39. The smallest absolute Gasteiger partial charge is 0.150 e. The van der Waals surface area contributed by atoms with Crippen molar-refractivity contribution < 1.29 is 9.53 Å². The maximum Gasteiger partial charge on any atom is 0.150 e. The summed E-state index contributed by atoms with van der Waals surface area (Å²) in [6.45, 7) is 0.239. The lowest BCUT2D eigenvalue weighted by atomic mass is 10.0. The molecule has 0 bridgehead atoms. The molecule has 0 fully saturated rings. The minimum Gasteiger partial charge on any atom is -0.487 e. The largest absolute Gasteiger partial charge is 0.487 e. The molecule has 0 N–H and O–H groups in total. The van der Waals surface area contributed by atoms with Gasteiger partial charge in [-0.2, -0.15) is 0 Å². The zero-order valence-electron chi connectivity index (χ0n) is 8.94. The SMILES string of the molecule is O=CC1=C(Cl)c2ccc3ccccc3c2OC1. The van der Waals surface area contributed by atoms with Gasteiger partial charge in [0.05, 0.1) is 5.03 Å². The van der Waals surface area contributed by atoms with E-state index >= 15 is 0 Å². The molecule has 1 aliphatic heterocycles. The summed E-state index contributed by atoms with van der Waals surface area (Å²) in [6, 6.07) is 11.8. The summed E-state index contributed by atoms with van der Waals surface area (Å²) >= 11 is 6.18. The van der Waals surface area contributed by atoms with Crippen LogP contribution in [-0.4, -0.2) is 12.9 Å². The first-order chi connectivity index (χ1) is 8.31. The van der Waals surface area contributed by atoms with Crippen LogP contribution in [0.15, 0.2) is 42.0 Å². The molecule has 3 heteroatoms. The number of carbonyl (C=O) groups excluding carboxylic acids is 1. The van der Waals surface area contributed by atoms with Gasteiger partial charge in [0, 0.05) is 16.5 Å². The van der Waals surface area contributed by atoms with E-state index in [-0.39, 0.29) is 6.61 Å². The van der Waals surface area contributed by atoms with Gasteiger partial charge < -0.3 is 4.74 Å². The molecular weight excluding hydrogens is 236 g/mol. The first-order valence-electron chi connectivity index (χ1n) is 5.30. The van der Waals surface area contributed by atoms with E-state index in [1.54, 1.807) is 0 Å². The molecule has 2 aromatic carbocycles. The molecule has 0 saturated heterocycles. The molecule has 1 heterocycles. The van der Waals surface area contributed by atoms with Crippen LogP contribution in [0, 0.1) is 0 Å². The van der Waals surface area contributed by atoms with Crippen molar-refractivity contribution in [1.29, 1.82) is 0 Å². The van der Waals surface area contributed by atoms with Crippen LogP contribution in [0.2, 0.25) is 0 Å². The Morgan fingerprint density at radius 3 is 2.82 bits per heavy atom. The quantitative estimate of drug-likeness (QED) is 0.719. The van der Waals surface area contributed by atoms with Crippen LogP contribution in [0.25, 0.3) is 15.8 Å². The fourth-order valence-electron chi connectivity index (χ4n) is 2.04. The van der Waals surface area contributed by atoms with E-state index in [2.05, 4.69) is 0 Å². The van der Waals surface area contributed by atoms with Crippen molar-refractivity contribution in [3.8, 4) is 5.75 Å². The normalized spacial score (nSPS) is 14.4.